The van der Waals surface area contributed by atoms with Gasteiger partial charge in [0.05, 0.1) is 0 Å². The summed E-state index contributed by atoms with van der Waals surface area (Å²) in [6.07, 6.45) is 4.85. The Labute approximate surface area is 120 Å². The molecule has 0 unspecified atom stereocenters. The first-order valence-corrected chi connectivity index (χ1v) is 7.09. The zero-order valence-electron chi connectivity index (χ0n) is 12.0. The van der Waals surface area contributed by atoms with E-state index in [0.717, 1.165) is 12.1 Å². The van der Waals surface area contributed by atoms with Crippen molar-refractivity contribution in [3.8, 4) is 0 Å². The first-order chi connectivity index (χ1) is 9.56. The molecule has 1 saturated heterocycles. The lowest BCUT2D eigenvalue weighted by Crippen LogP contribution is -2.37. The van der Waals surface area contributed by atoms with Gasteiger partial charge in [0.25, 0.3) is 0 Å². The van der Waals surface area contributed by atoms with Crippen molar-refractivity contribution in [2.75, 3.05) is 5.73 Å². The molecule has 0 saturated carbocycles. The summed E-state index contributed by atoms with van der Waals surface area (Å²) in [5.41, 5.74) is 9.33. The summed E-state index contributed by atoms with van der Waals surface area (Å²) in [5, 5.41) is 3.75. The van der Waals surface area contributed by atoms with Crippen LogP contribution in [0.15, 0.2) is 48.8 Å². The van der Waals surface area contributed by atoms with Crippen LogP contribution in [-0.2, 0) is 0 Å². The topological polar surface area (TPSA) is 50.9 Å². The minimum absolute atomic E-state index is 0.0768. The Balaban J connectivity index is 1.87. The van der Waals surface area contributed by atoms with Gasteiger partial charge in [-0.15, -0.1) is 0 Å². The van der Waals surface area contributed by atoms with Gasteiger partial charge in [-0.3, -0.25) is 4.98 Å². The number of nitrogens with zero attached hydrogens (tertiary/aromatic N) is 1. The summed E-state index contributed by atoms with van der Waals surface area (Å²) in [7, 11) is 0. The van der Waals surface area contributed by atoms with Crippen LogP contribution in [0, 0.1) is 0 Å². The number of pyridine rings is 1. The van der Waals surface area contributed by atoms with Crippen LogP contribution in [0.2, 0.25) is 0 Å². The summed E-state index contributed by atoms with van der Waals surface area (Å²) in [6, 6.07) is 12.8. The predicted molar refractivity (Wildman–Crippen MR) is 82.4 cm³/mol. The number of benzene rings is 1. The van der Waals surface area contributed by atoms with E-state index in [1.54, 1.807) is 0 Å². The average Bonchev–Trinajstić information content (AvgIpc) is 2.76. The van der Waals surface area contributed by atoms with Gasteiger partial charge in [0, 0.05) is 35.6 Å². The Morgan fingerprint density at radius 3 is 2.35 bits per heavy atom. The van der Waals surface area contributed by atoms with Crippen LogP contribution in [0.5, 0.6) is 0 Å². The Kier molecular flexibility index (Phi) is 3.22. The van der Waals surface area contributed by atoms with Gasteiger partial charge in [0.1, 0.15) is 0 Å². The molecule has 1 aromatic carbocycles. The fourth-order valence-electron chi connectivity index (χ4n) is 3.24. The standard InChI is InChI=1S/C17H21N3/c1-17(2)15(12-7-9-19-10-8-12)11-16(20-17)13-3-5-14(18)6-4-13/h3-10,15-16,20H,11,18H2,1-2H3/t15-,16+/m0/s1. The van der Waals surface area contributed by atoms with E-state index in [0.29, 0.717) is 12.0 Å². The van der Waals surface area contributed by atoms with E-state index < -0.39 is 0 Å². The number of nitrogen functional groups attached to an aromatic ring is 1. The van der Waals surface area contributed by atoms with Crippen molar-refractivity contribution in [3.63, 3.8) is 0 Å². The molecule has 3 nitrogen and oxygen atoms in total. The third-order valence-electron chi connectivity index (χ3n) is 4.34. The molecule has 1 fully saturated rings. The Hall–Kier alpha value is -1.87. The second-order valence-electron chi connectivity index (χ2n) is 6.15. The lowest BCUT2D eigenvalue weighted by atomic mass is 9.83. The second-order valence-corrected chi connectivity index (χ2v) is 6.15. The molecule has 1 aliphatic rings. The molecule has 0 spiro atoms. The molecular formula is C17H21N3. The number of aromatic nitrogens is 1. The summed E-state index contributed by atoms with van der Waals surface area (Å²) in [4.78, 5) is 4.12. The molecule has 0 bridgehead atoms. The van der Waals surface area contributed by atoms with Crippen molar-refractivity contribution in [1.82, 2.24) is 10.3 Å². The molecule has 104 valence electrons. The lowest BCUT2D eigenvalue weighted by molar-refractivity contribution is 0.397. The van der Waals surface area contributed by atoms with Crippen LogP contribution in [0.1, 0.15) is 43.4 Å². The van der Waals surface area contributed by atoms with E-state index in [4.69, 9.17) is 5.73 Å². The highest BCUT2D eigenvalue weighted by Crippen LogP contribution is 2.43. The van der Waals surface area contributed by atoms with Gasteiger partial charge in [0.2, 0.25) is 0 Å². The van der Waals surface area contributed by atoms with Gasteiger partial charge >= 0.3 is 0 Å². The molecular weight excluding hydrogens is 246 g/mol. The second kappa shape index (κ2) is 4.91. The first kappa shape index (κ1) is 13.1. The summed E-state index contributed by atoms with van der Waals surface area (Å²) < 4.78 is 0. The van der Waals surface area contributed by atoms with Gasteiger partial charge < -0.3 is 11.1 Å². The van der Waals surface area contributed by atoms with E-state index in [9.17, 15) is 0 Å². The molecule has 20 heavy (non-hydrogen) atoms. The number of anilines is 1. The third-order valence-corrected chi connectivity index (χ3v) is 4.34. The number of hydrogen-bond acceptors (Lipinski definition) is 3. The minimum atomic E-state index is 0.0768. The smallest absolute Gasteiger partial charge is 0.0331 e. The highest BCUT2D eigenvalue weighted by atomic mass is 15.0. The Morgan fingerprint density at radius 1 is 1.05 bits per heavy atom. The maximum absolute atomic E-state index is 5.77. The molecule has 0 radical (unpaired) electrons. The maximum atomic E-state index is 5.77. The largest absolute Gasteiger partial charge is 0.399 e. The molecule has 1 aliphatic heterocycles. The molecule has 3 heteroatoms. The van der Waals surface area contributed by atoms with Gasteiger partial charge in [0.15, 0.2) is 0 Å². The normalized spacial score (nSPS) is 24.7. The van der Waals surface area contributed by atoms with E-state index in [1.807, 2.05) is 24.5 Å². The zero-order valence-corrected chi connectivity index (χ0v) is 12.0. The van der Waals surface area contributed by atoms with Crippen molar-refractivity contribution in [3.05, 3.63) is 59.9 Å². The van der Waals surface area contributed by atoms with Gasteiger partial charge in [-0.2, -0.15) is 0 Å². The predicted octanol–water partition coefficient (Wildman–Crippen LogP) is 3.26. The van der Waals surface area contributed by atoms with E-state index in [2.05, 4.69) is 48.4 Å². The van der Waals surface area contributed by atoms with Crippen molar-refractivity contribution in [1.29, 1.82) is 0 Å². The number of nitrogens with two attached hydrogens (primary N) is 1. The minimum Gasteiger partial charge on any atom is -0.399 e. The monoisotopic (exact) mass is 267 g/mol. The van der Waals surface area contributed by atoms with E-state index in [1.165, 1.54) is 11.1 Å². The van der Waals surface area contributed by atoms with Crippen LogP contribution in [0.4, 0.5) is 5.69 Å². The maximum Gasteiger partial charge on any atom is 0.0331 e. The highest BCUT2D eigenvalue weighted by molar-refractivity contribution is 5.41. The van der Waals surface area contributed by atoms with Crippen LogP contribution < -0.4 is 11.1 Å². The molecule has 2 aromatic rings. The quantitative estimate of drug-likeness (QED) is 0.821. The Morgan fingerprint density at radius 2 is 1.70 bits per heavy atom. The molecule has 3 rings (SSSR count). The van der Waals surface area contributed by atoms with Crippen molar-refractivity contribution in [2.24, 2.45) is 0 Å². The Bertz CT molecular complexity index is 575. The van der Waals surface area contributed by atoms with Crippen LogP contribution in [0.25, 0.3) is 0 Å². The summed E-state index contributed by atoms with van der Waals surface area (Å²) in [6.45, 7) is 4.55. The SMILES string of the molecule is CC1(C)N[C@@H](c2ccc(N)cc2)C[C@H]1c1ccncc1. The van der Waals surface area contributed by atoms with Crippen LogP contribution in [-0.4, -0.2) is 10.5 Å². The summed E-state index contributed by atoms with van der Waals surface area (Å²) in [5.74, 6) is 0.494. The van der Waals surface area contributed by atoms with E-state index in [-0.39, 0.29) is 5.54 Å². The molecule has 2 heterocycles. The lowest BCUT2D eigenvalue weighted by Gasteiger charge is -2.27. The summed E-state index contributed by atoms with van der Waals surface area (Å²) >= 11 is 0. The van der Waals surface area contributed by atoms with Crippen LogP contribution in [0.3, 0.4) is 0 Å². The number of rotatable bonds is 2. The highest BCUT2D eigenvalue weighted by Gasteiger charge is 2.40. The van der Waals surface area contributed by atoms with Crippen molar-refractivity contribution in [2.45, 2.75) is 37.8 Å². The van der Waals surface area contributed by atoms with Crippen LogP contribution >= 0.6 is 0 Å². The van der Waals surface area contributed by atoms with Crippen molar-refractivity contribution < 1.29 is 0 Å². The fourth-order valence-corrected chi connectivity index (χ4v) is 3.24. The van der Waals surface area contributed by atoms with E-state index >= 15 is 0 Å². The molecule has 2 atom stereocenters. The average molecular weight is 267 g/mol. The molecule has 3 N–H and O–H groups in total. The first-order valence-electron chi connectivity index (χ1n) is 7.09. The van der Waals surface area contributed by atoms with Gasteiger partial charge in [-0.25, -0.2) is 0 Å². The number of hydrogen-bond donors (Lipinski definition) is 2. The fraction of sp³-hybridized carbons (Fsp3) is 0.353. The third kappa shape index (κ3) is 2.41. The van der Waals surface area contributed by atoms with Crippen molar-refractivity contribution >= 4 is 5.69 Å². The molecule has 0 amide bonds. The molecule has 0 aliphatic carbocycles. The van der Waals surface area contributed by atoms with Gasteiger partial charge in [-0.05, 0) is 55.7 Å². The molecule has 1 aromatic heterocycles. The van der Waals surface area contributed by atoms with Gasteiger partial charge in [-0.1, -0.05) is 12.1 Å². The zero-order chi connectivity index (χ0) is 14.2. The number of nitrogens with one attached hydrogen (secondary N) is 1.